The van der Waals surface area contributed by atoms with Crippen LogP contribution < -0.4 is 28.4 Å². The molecule has 0 saturated heterocycles. The van der Waals surface area contributed by atoms with Gasteiger partial charge in [-0.15, -0.1) is 0 Å². The highest BCUT2D eigenvalue weighted by molar-refractivity contribution is 7.93. The van der Waals surface area contributed by atoms with Crippen molar-refractivity contribution < 1.29 is 64.4 Å². The fourth-order valence-corrected chi connectivity index (χ4v) is 6.02. The zero-order valence-electron chi connectivity index (χ0n) is 28.3. The largest absolute Gasteiger partial charge is 0.502 e. The first-order valence-corrected chi connectivity index (χ1v) is 18.2. The number of nitrogens with one attached hydrogen (secondary N) is 2. The van der Waals surface area contributed by atoms with E-state index in [1.165, 1.54) is 33.3 Å². The van der Waals surface area contributed by atoms with Crippen LogP contribution >= 0.6 is 0 Å². The van der Waals surface area contributed by atoms with Gasteiger partial charge in [-0.3, -0.25) is 9.59 Å². The number of benzene rings is 3. The highest BCUT2D eigenvalue weighted by Gasteiger charge is 2.30. The summed E-state index contributed by atoms with van der Waals surface area (Å²) in [5.41, 5.74) is 0.717. The molecule has 52 heavy (non-hydrogen) atoms. The number of carbonyl (C=O) groups excluding carboxylic acids is 2. The van der Waals surface area contributed by atoms with Gasteiger partial charge >= 0.3 is 11.9 Å². The molecule has 16 nitrogen and oxygen atoms in total. The molecule has 5 rings (SSSR count). The van der Waals surface area contributed by atoms with Gasteiger partial charge in [-0.05, 0) is 43.3 Å². The van der Waals surface area contributed by atoms with E-state index in [0.717, 1.165) is 13.8 Å². The Bertz CT molecular complexity index is 2280. The third-order valence-electron chi connectivity index (χ3n) is 6.78. The lowest BCUT2D eigenvalue weighted by Gasteiger charge is -2.07. The number of aromatic hydroxyl groups is 2. The summed E-state index contributed by atoms with van der Waals surface area (Å²) in [5.74, 6) is -3.86. The van der Waals surface area contributed by atoms with Gasteiger partial charge in [0.2, 0.25) is 33.0 Å². The summed E-state index contributed by atoms with van der Waals surface area (Å²) in [5, 5.41) is 20.9. The molecular formula is C34H34N2O14S2. The second-order valence-corrected chi connectivity index (χ2v) is 14.1. The van der Waals surface area contributed by atoms with Crippen LogP contribution in [0.4, 0.5) is 11.8 Å². The maximum atomic E-state index is 12.6. The van der Waals surface area contributed by atoms with Crippen LogP contribution in [0.5, 0.6) is 34.5 Å². The Balaban J connectivity index is 0.000000236. The molecular weight excluding hydrogens is 725 g/mol. The summed E-state index contributed by atoms with van der Waals surface area (Å²) >= 11 is 0. The number of ether oxygens (including phenoxy) is 4. The molecule has 0 aliphatic heterocycles. The lowest BCUT2D eigenvalue weighted by molar-refractivity contribution is -0.132. The first-order valence-electron chi connectivity index (χ1n) is 15.1. The SMILES string of the molecule is CCS(=O)(=O)Nc1oc(-c2ccccc2OC)c(O)c1OC(C)=O.COc1ccccc1-c1oc(NS(=O)(=O)c2ccccc2)c(OC(C)=O)c1O. The van der Waals surface area contributed by atoms with Crippen molar-refractivity contribution in [3.63, 3.8) is 0 Å². The van der Waals surface area contributed by atoms with Crippen molar-refractivity contribution in [2.75, 3.05) is 29.4 Å². The molecule has 0 spiro atoms. The number of sulfonamides is 2. The Morgan fingerprint density at radius 1 is 0.654 bits per heavy atom. The second kappa shape index (κ2) is 16.3. The summed E-state index contributed by atoms with van der Waals surface area (Å²) in [6.45, 7) is 3.66. The van der Waals surface area contributed by atoms with Crippen LogP contribution in [-0.4, -0.2) is 59.0 Å². The van der Waals surface area contributed by atoms with Gasteiger partial charge in [0, 0.05) is 13.8 Å². The van der Waals surface area contributed by atoms with Gasteiger partial charge in [-0.1, -0.05) is 42.5 Å². The molecule has 0 amide bonds. The van der Waals surface area contributed by atoms with E-state index >= 15 is 0 Å². The van der Waals surface area contributed by atoms with Gasteiger partial charge in [-0.25, -0.2) is 26.3 Å². The molecule has 0 unspecified atom stereocenters. The topological polar surface area (TPSA) is 230 Å². The van der Waals surface area contributed by atoms with Crippen molar-refractivity contribution in [3.8, 4) is 57.1 Å². The van der Waals surface area contributed by atoms with Crippen LogP contribution in [0.2, 0.25) is 0 Å². The Kier molecular flexibility index (Phi) is 12.1. The summed E-state index contributed by atoms with van der Waals surface area (Å²) < 4.78 is 84.3. The molecule has 0 aliphatic carbocycles. The molecule has 18 heteroatoms. The molecule has 4 N–H and O–H groups in total. The molecule has 3 aromatic carbocycles. The van der Waals surface area contributed by atoms with Gasteiger partial charge in [0.15, 0.2) is 11.5 Å². The van der Waals surface area contributed by atoms with Gasteiger partial charge in [-0.2, -0.15) is 0 Å². The van der Waals surface area contributed by atoms with E-state index in [1.54, 1.807) is 66.7 Å². The molecule has 0 aliphatic rings. The van der Waals surface area contributed by atoms with Crippen LogP contribution in [-0.2, 0) is 29.6 Å². The molecule has 276 valence electrons. The van der Waals surface area contributed by atoms with Crippen LogP contribution in [0.25, 0.3) is 22.6 Å². The third-order valence-corrected chi connectivity index (χ3v) is 9.39. The van der Waals surface area contributed by atoms with Crippen molar-refractivity contribution in [3.05, 3.63) is 78.9 Å². The number of anilines is 2. The van der Waals surface area contributed by atoms with Gasteiger partial charge in [0.05, 0.1) is 36.0 Å². The zero-order valence-corrected chi connectivity index (χ0v) is 30.0. The number of carbonyl (C=O) groups is 2. The van der Waals surface area contributed by atoms with Crippen LogP contribution in [0.15, 0.2) is 92.6 Å². The van der Waals surface area contributed by atoms with Crippen molar-refractivity contribution in [2.24, 2.45) is 0 Å². The van der Waals surface area contributed by atoms with E-state index in [-0.39, 0.29) is 28.1 Å². The summed E-state index contributed by atoms with van der Waals surface area (Å²) in [4.78, 5) is 22.7. The molecule has 0 fully saturated rings. The Hall–Kier alpha value is -6.14. The lowest BCUT2D eigenvalue weighted by atomic mass is 10.1. The highest BCUT2D eigenvalue weighted by Crippen LogP contribution is 2.50. The first-order chi connectivity index (χ1) is 24.6. The average molecular weight is 759 g/mol. The zero-order chi connectivity index (χ0) is 38.2. The Labute approximate surface area is 298 Å². The second-order valence-electron chi connectivity index (χ2n) is 10.4. The summed E-state index contributed by atoms with van der Waals surface area (Å²) in [7, 11) is -4.89. The molecule has 2 heterocycles. The maximum Gasteiger partial charge on any atom is 0.308 e. The lowest BCUT2D eigenvalue weighted by Crippen LogP contribution is -2.15. The van der Waals surface area contributed by atoms with E-state index in [0.29, 0.717) is 22.6 Å². The predicted octanol–water partition coefficient (Wildman–Crippen LogP) is 5.73. The van der Waals surface area contributed by atoms with E-state index < -0.39 is 60.9 Å². The van der Waals surface area contributed by atoms with Crippen LogP contribution in [0, 0.1) is 0 Å². The minimum atomic E-state index is -4.05. The molecule has 0 radical (unpaired) electrons. The van der Waals surface area contributed by atoms with Crippen LogP contribution in [0.1, 0.15) is 20.8 Å². The first kappa shape index (κ1) is 38.7. The number of furan rings is 2. The smallest absolute Gasteiger partial charge is 0.308 e. The summed E-state index contributed by atoms with van der Waals surface area (Å²) in [6.07, 6.45) is 0. The fourth-order valence-electron chi connectivity index (χ4n) is 4.45. The number of hydrogen-bond donors (Lipinski definition) is 4. The number of methoxy groups -OCH3 is 2. The number of hydrogen-bond acceptors (Lipinski definition) is 14. The van der Waals surface area contributed by atoms with Crippen molar-refractivity contribution in [1.82, 2.24) is 0 Å². The fraction of sp³-hybridized carbons (Fsp3) is 0.176. The highest BCUT2D eigenvalue weighted by atomic mass is 32.2. The molecule has 0 atom stereocenters. The van der Waals surface area contributed by atoms with Crippen LogP contribution in [0.3, 0.4) is 0 Å². The standard InChI is InChI=1S/C19H17NO7S.C15H17NO7S/c1-12(21)26-18-16(22)17(14-10-6-7-11-15(14)25-2)27-19(18)20-28(23,24)13-8-4-3-5-9-13;1-4-24(19,20)16-15-14(22-9(2)17)12(18)13(23-15)10-7-5-6-8-11(10)21-3/h3-11,20,22H,1-2H3;5-8,16,18H,4H2,1-3H3. The quantitative estimate of drug-likeness (QED) is 0.111. The molecule has 2 aromatic heterocycles. The molecule has 0 saturated carbocycles. The third kappa shape index (κ3) is 8.95. The Morgan fingerprint density at radius 3 is 1.46 bits per heavy atom. The number of para-hydroxylation sites is 2. The van der Waals surface area contributed by atoms with E-state index in [2.05, 4.69) is 9.44 Å². The minimum absolute atomic E-state index is 0.0292. The minimum Gasteiger partial charge on any atom is -0.502 e. The van der Waals surface area contributed by atoms with Crippen molar-refractivity contribution in [1.29, 1.82) is 0 Å². The summed E-state index contributed by atoms with van der Waals surface area (Å²) in [6, 6.07) is 20.8. The monoisotopic (exact) mass is 758 g/mol. The number of esters is 2. The van der Waals surface area contributed by atoms with Gasteiger partial charge in [0.1, 0.15) is 11.5 Å². The average Bonchev–Trinajstić information content (AvgIpc) is 3.57. The van der Waals surface area contributed by atoms with Gasteiger partial charge in [0.25, 0.3) is 21.8 Å². The Morgan fingerprint density at radius 2 is 1.06 bits per heavy atom. The predicted molar refractivity (Wildman–Crippen MR) is 188 cm³/mol. The van der Waals surface area contributed by atoms with E-state index in [4.69, 9.17) is 27.8 Å². The molecule has 0 bridgehead atoms. The van der Waals surface area contributed by atoms with E-state index in [1.807, 2.05) is 0 Å². The van der Waals surface area contributed by atoms with E-state index in [9.17, 15) is 36.6 Å². The van der Waals surface area contributed by atoms with Crippen molar-refractivity contribution >= 4 is 43.8 Å². The number of rotatable bonds is 12. The maximum absolute atomic E-state index is 12.6. The molecule has 5 aromatic rings. The normalized spacial score (nSPS) is 11.1. The van der Waals surface area contributed by atoms with Crippen molar-refractivity contribution in [2.45, 2.75) is 25.7 Å². The van der Waals surface area contributed by atoms with Gasteiger partial charge < -0.3 is 38.0 Å².